The number of amides is 1. The van der Waals surface area contributed by atoms with Gasteiger partial charge in [-0.25, -0.2) is 9.48 Å². The Labute approximate surface area is 227 Å². The Morgan fingerprint density at radius 1 is 1.03 bits per heavy atom. The maximum absolute atomic E-state index is 13.7. The first-order valence-corrected chi connectivity index (χ1v) is 13.6. The molecule has 0 bridgehead atoms. The molecule has 1 saturated heterocycles. The molecular formula is C29H35N5O5. The fourth-order valence-electron chi connectivity index (χ4n) is 5.74. The fraction of sp³-hybridized carbons (Fsp3) is 0.483. The number of rotatable bonds is 7. The van der Waals surface area contributed by atoms with Gasteiger partial charge in [-0.15, -0.1) is 0 Å². The highest BCUT2D eigenvalue weighted by Gasteiger charge is 2.37. The van der Waals surface area contributed by atoms with Crippen LogP contribution < -0.4 is 5.32 Å². The molecule has 1 aromatic carbocycles. The summed E-state index contributed by atoms with van der Waals surface area (Å²) >= 11 is 0. The van der Waals surface area contributed by atoms with E-state index in [0.717, 1.165) is 55.7 Å². The summed E-state index contributed by atoms with van der Waals surface area (Å²) in [4.78, 5) is 39.2. The third-order valence-electron chi connectivity index (χ3n) is 7.77. The van der Waals surface area contributed by atoms with E-state index in [4.69, 9.17) is 9.47 Å². The van der Waals surface area contributed by atoms with Crippen LogP contribution in [-0.2, 0) is 21.3 Å². The highest BCUT2D eigenvalue weighted by atomic mass is 16.5. The molecule has 0 spiro atoms. The second-order valence-electron chi connectivity index (χ2n) is 10.4. The van der Waals surface area contributed by atoms with Gasteiger partial charge in [0.25, 0.3) is 0 Å². The zero-order valence-corrected chi connectivity index (χ0v) is 22.7. The average molecular weight is 534 g/mol. The molecule has 206 valence electrons. The number of carbonyl (C=O) groups is 3. The molecule has 10 heteroatoms. The third kappa shape index (κ3) is 5.52. The summed E-state index contributed by atoms with van der Waals surface area (Å²) in [6.45, 7) is 2.70. The van der Waals surface area contributed by atoms with Crippen molar-refractivity contribution >= 4 is 23.3 Å². The van der Waals surface area contributed by atoms with Crippen LogP contribution in [0.5, 0.6) is 0 Å². The number of nitrogens with zero attached hydrogens (tertiary/aromatic N) is 4. The van der Waals surface area contributed by atoms with Gasteiger partial charge in [-0.2, -0.15) is 10.2 Å². The molecule has 2 aliphatic rings. The standard InChI is InChI=1S/C29H35N5O5/c1-18-16-24(34(32-18)25-10-6-7-15-39-25)19-11-13-20(14-12-19)27(35)21-8-4-5-9-22(21)28(36)31-23-17-30-33(2)26(23)29(37)38-3/h11-14,16-17,21-22,25H,4-10,15H2,1-3H3,(H,31,36)/t21-,22?,25?/m1/s1. The highest BCUT2D eigenvalue weighted by Crippen LogP contribution is 2.35. The van der Waals surface area contributed by atoms with Gasteiger partial charge in [0, 0.05) is 31.1 Å². The zero-order valence-electron chi connectivity index (χ0n) is 22.7. The van der Waals surface area contributed by atoms with Crippen LogP contribution in [0.15, 0.2) is 36.5 Å². The molecule has 3 heterocycles. The maximum Gasteiger partial charge on any atom is 0.358 e. The quantitative estimate of drug-likeness (QED) is 0.345. The number of ketones is 1. The summed E-state index contributed by atoms with van der Waals surface area (Å²) in [5.41, 5.74) is 3.87. The summed E-state index contributed by atoms with van der Waals surface area (Å²) in [6.07, 6.45) is 7.44. The topological polar surface area (TPSA) is 117 Å². The summed E-state index contributed by atoms with van der Waals surface area (Å²) in [6, 6.07) is 9.61. The largest absolute Gasteiger partial charge is 0.464 e. The normalized spacial score (nSPS) is 21.4. The number of anilines is 1. The van der Waals surface area contributed by atoms with E-state index in [0.29, 0.717) is 18.4 Å². The molecule has 5 rings (SSSR count). The van der Waals surface area contributed by atoms with Crippen molar-refractivity contribution in [1.82, 2.24) is 19.6 Å². The number of esters is 1. The number of carbonyl (C=O) groups excluding carboxylic acids is 3. The zero-order chi connectivity index (χ0) is 27.5. The number of aromatic nitrogens is 4. The van der Waals surface area contributed by atoms with Gasteiger partial charge in [0.15, 0.2) is 17.7 Å². The Hall–Kier alpha value is -3.79. The number of hydrogen-bond donors (Lipinski definition) is 1. The second-order valence-corrected chi connectivity index (χ2v) is 10.4. The van der Waals surface area contributed by atoms with Crippen LogP contribution >= 0.6 is 0 Å². The second kappa shape index (κ2) is 11.5. The van der Waals surface area contributed by atoms with Gasteiger partial charge >= 0.3 is 5.97 Å². The van der Waals surface area contributed by atoms with Crippen molar-refractivity contribution in [2.75, 3.05) is 19.0 Å². The molecule has 10 nitrogen and oxygen atoms in total. The number of aryl methyl sites for hydroxylation is 2. The lowest BCUT2D eigenvalue weighted by atomic mass is 9.75. The van der Waals surface area contributed by atoms with E-state index in [9.17, 15) is 14.4 Å². The van der Waals surface area contributed by atoms with Gasteiger partial charge in [0.2, 0.25) is 5.91 Å². The van der Waals surface area contributed by atoms with Gasteiger partial charge in [-0.3, -0.25) is 14.3 Å². The highest BCUT2D eigenvalue weighted by molar-refractivity contribution is 6.05. The van der Waals surface area contributed by atoms with Crippen molar-refractivity contribution in [2.45, 2.75) is 58.1 Å². The fourth-order valence-corrected chi connectivity index (χ4v) is 5.74. The monoisotopic (exact) mass is 533 g/mol. The maximum atomic E-state index is 13.7. The van der Waals surface area contributed by atoms with Crippen LogP contribution in [0.3, 0.4) is 0 Å². The Morgan fingerprint density at radius 3 is 2.44 bits per heavy atom. The Bertz CT molecular complexity index is 1350. The Morgan fingerprint density at radius 2 is 1.74 bits per heavy atom. The van der Waals surface area contributed by atoms with E-state index in [1.165, 1.54) is 18.0 Å². The van der Waals surface area contributed by atoms with E-state index in [-0.39, 0.29) is 29.3 Å². The lowest BCUT2D eigenvalue weighted by Gasteiger charge is -2.29. The summed E-state index contributed by atoms with van der Waals surface area (Å²) in [5, 5.41) is 11.6. The van der Waals surface area contributed by atoms with Crippen molar-refractivity contribution in [3.8, 4) is 11.3 Å². The molecule has 1 aliphatic heterocycles. The minimum absolute atomic E-state index is 0.0407. The first-order chi connectivity index (χ1) is 18.9. The lowest BCUT2D eigenvalue weighted by Crippen LogP contribution is -2.36. The molecule has 1 amide bonds. The van der Waals surface area contributed by atoms with Crippen LogP contribution in [0.1, 0.15) is 77.7 Å². The molecule has 3 atom stereocenters. The molecule has 1 saturated carbocycles. The van der Waals surface area contributed by atoms with Gasteiger partial charge in [0.1, 0.15) is 0 Å². The number of hydrogen-bond acceptors (Lipinski definition) is 7. The molecular weight excluding hydrogens is 498 g/mol. The number of methoxy groups -OCH3 is 1. The first-order valence-electron chi connectivity index (χ1n) is 13.6. The van der Waals surface area contributed by atoms with Crippen molar-refractivity contribution < 1.29 is 23.9 Å². The average Bonchev–Trinajstić information content (AvgIpc) is 3.54. The SMILES string of the molecule is COC(=O)c1c(NC(=O)C2CCCC[C@H]2C(=O)c2ccc(-c3cc(C)nn3C3CCCCO3)cc2)cnn1C. The van der Waals surface area contributed by atoms with Gasteiger partial charge < -0.3 is 14.8 Å². The lowest BCUT2D eigenvalue weighted by molar-refractivity contribution is -0.122. The van der Waals surface area contributed by atoms with Gasteiger partial charge in [-0.05, 0) is 50.7 Å². The van der Waals surface area contributed by atoms with Crippen LogP contribution in [-0.4, -0.2) is 50.9 Å². The number of nitrogens with one attached hydrogen (secondary N) is 1. The number of ether oxygens (including phenoxy) is 2. The Kier molecular flexibility index (Phi) is 7.92. The van der Waals surface area contributed by atoms with Crippen LogP contribution in [0.4, 0.5) is 5.69 Å². The molecule has 2 unspecified atom stereocenters. The third-order valence-corrected chi connectivity index (χ3v) is 7.77. The van der Waals surface area contributed by atoms with E-state index >= 15 is 0 Å². The van der Waals surface area contributed by atoms with Crippen LogP contribution in [0, 0.1) is 18.8 Å². The first kappa shape index (κ1) is 26.8. The van der Waals surface area contributed by atoms with Crippen molar-refractivity contribution in [3.05, 3.63) is 53.5 Å². The van der Waals surface area contributed by atoms with Gasteiger partial charge in [-0.1, -0.05) is 37.1 Å². The summed E-state index contributed by atoms with van der Waals surface area (Å²) < 4.78 is 14.1. The molecule has 1 N–H and O–H groups in total. The minimum atomic E-state index is -0.590. The van der Waals surface area contributed by atoms with E-state index in [2.05, 4.69) is 15.5 Å². The molecule has 2 fully saturated rings. The molecule has 39 heavy (non-hydrogen) atoms. The van der Waals surface area contributed by atoms with E-state index < -0.39 is 17.8 Å². The predicted molar refractivity (Wildman–Crippen MR) is 144 cm³/mol. The Balaban J connectivity index is 1.33. The van der Waals surface area contributed by atoms with Crippen molar-refractivity contribution in [3.63, 3.8) is 0 Å². The number of benzene rings is 1. The van der Waals surface area contributed by atoms with E-state index in [1.807, 2.05) is 41.9 Å². The minimum Gasteiger partial charge on any atom is -0.464 e. The van der Waals surface area contributed by atoms with Crippen LogP contribution in [0.2, 0.25) is 0 Å². The van der Waals surface area contributed by atoms with Crippen LogP contribution in [0.25, 0.3) is 11.3 Å². The summed E-state index contributed by atoms with van der Waals surface area (Å²) in [7, 11) is 2.88. The predicted octanol–water partition coefficient (Wildman–Crippen LogP) is 4.71. The van der Waals surface area contributed by atoms with Crippen molar-refractivity contribution in [1.29, 1.82) is 0 Å². The van der Waals surface area contributed by atoms with Crippen molar-refractivity contribution in [2.24, 2.45) is 18.9 Å². The smallest absolute Gasteiger partial charge is 0.358 e. The van der Waals surface area contributed by atoms with E-state index in [1.54, 1.807) is 7.05 Å². The summed E-state index contributed by atoms with van der Waals surface area (Å²) in [5.74, 6) is -1.85. The molecule has 0 radical (unpaired) electrons. The molecule has 1 aliphatic carbocycles. The number of Topliss-reactive ketones (excluding diaryl/α,β-unsaturated/α-hetero) is 1. The molecule has 2 aromatic heterocycles. The van der Waals surface area contributed by atoms with Gasteiger partial charge in [0.05, 0.1) is 30.4 Å². The molecule has 3 aromatic rings.